The highest BCUT2D eigenvalue weighted by Crippen LogP contribution is 2.20. The number of para-hydroxylation sites is 1. The van der Waals surface area contributed by atoms with Gasteiger partial charge in [0, 0.05) is 13.6 Å². The van der Waals surface area contributed by atoms with Gasteiger partial charge in [-0.1, -0.05) is 57.6 Å². The second-order valence-corrected chi connectivity index (χ2v) is 5.55. The van der Waals surface area contributed by atoms with Crippen LogP contribution in [0.15, 0.2) is 24.3 Å². The summed E-state index contributed by atoms with van der Waals surface area (Å²) < 4.78 is 4.84. The van der Waals surface area contributed by atoms with Gasteiger partial charge in [-0.15, -0.1) is 0 Å². The highest BCUT2D eigenvalue weighted by atomic mass is 16.5. The Hall–Kier alpha value is -1.51. The number of carbonyl (C=O) groups excluding carboxylic acids is 1. The van der Waals surface area contributed by atoms with Crippen molar-refractivity contribution in [3.05, 3.63) is 29.8 Å². The lowest BCUT2D eigenvalue weighted by atomic mass is 10.1. The zero-order valence-electron chi connectivity index (χ0n) is 13.7. The van der Waals surface area contributed by atoms with Crippen LogP contribution in [0.3, 0.4) is 0 Å². The number of methoxy groups -OCH3 is 1. The molecule has 0 aromatic heterocycles. The smallest absolute Gasteiger partial charge is 0.339 e. The number of esters is 1. The maximum Gasteiger partial charge on any atom is 0.339 e. The van der Waals surface area contributed by atoms with Gasteiger partial charge in [0.15, 0.2) is 0 Å². The Morgan fingerprint density at radius 3 is 2.33 bits per heavy atom. The van der Waals surface area contributed by atoms with Crippen molar-refractivity contribution in [3.8, 4) is 0 Å². The highest BCUT2D eigenvalue weighted by molar-refractivity contribution is 5.95. The monoisotopic (exact) mass is 291 g/mol. The number of unbranched alkanes of at least 4 members (excludes halogenated alkanes) is 6. The van der Waals surface area contributed by atoms with Gasteiger partial charge < -0.3 is 9.64 Å². The molecule has 0 saturated heterocycles. The summed E-state index contributed by atoms with van der Waals surface area (Å²) in [4.78, 5) is 13.9. The molecule has 1 rings (SSSR count). The Bertz CT molecular complexity index is 417. The molecular formula is C18H29NO2. The van der Waals surface area contributed by atoms with Gasteiger partial charge in [-0.05, 0) is 18.6 Å². The van der Waals surface area contributed by atoms with E-state index in [0.717, 1.165) is 18.7 Å². The lowest BCUT2D eigenvalue weighted by molar-refractivity contribution is 0.0601. The van der Waals surface area contributed by atoms with E-state index in [0.29, 0.717) is 5.56 Å². The molecule has 0 spiro atoms. The van der Waals surface area contributed by atoms with E-state index in [-0.39, 0.29) is 5.97 Å². The maximum atomic E-state index is 11.8. The molecule has 3 heteroatoms. The number of hydrogen-bond donors (Lipinski definition) is 0. The summed E-state index contributed by atoms with van der Waals surface area (Å²) in [7, 11) is 3.47. The summed E-state index contributed by atoms with van der Waals surface area (Å²) in [6, 6.07) is 7.64. The van der Waals surface area contributed by atoms with Crippen molar-refractivity contribution in [3.63, 3.8) is 0 Å². The summed E-state index contributed by atoms with van der Waals surface area (Å²) in [6.07, 6.45) is 9.09. The van der Waals surface area contributed by atoms with E-state index >= 15 is 0 Å². The Balaban J connectivity index is 2.38. The normalized spacial score (nSPS) is 10.4. The lowest BCUT2D eigenvalue weighted by Gasteiger charge is -2.21. The van der Waals surface area contributed by atoms with Crippen molar-refractivity contribution in [2.45, 2.75) is 51.9 Å². The lowest BCUT2D eigenvalue weighted by Crippen LogP contribution is -2.21. The molecule has 0 heterocycles. The third kappa shape index (κ3) is 6.19. The number of anilines is 1. The van der Waals surface area contributed by atoms with Crippen molar-refractivity contribution in [2.24, 2.45) is 0 Å². The van der Waals surface area contributed by atoms with E-state index in [1.807, 2.05) is 31.3 Å². The Labute approximate surface area is 129 Å². The van der Waals surface area contributed by atoms with Crippen molar-refractivity contribution >= 4 is 11.7 Å². The Morgan fingerprint density at radius 2 is 1.67 bits per heavy atom. The molecule has 0 atom stereocenters. The van der Waals surface area contributed by atoms with E-state index < -0.39 is 0 Å². The van der Waals surface area contributed by atoms with Gasteiger partial charge in [0.05, 0.1) is 18.4 Å². The van der Waals surface area contributed by atoms with Gasteiger partial charge in [0.25, 0.3) is 0 Å². The van der Waals surface area contributed by atoms with Crippen LogP contribution in [0.25, 0.3) is 0 Å². The molecule has 118 valence electrons. The van der Waals surface area contributed by atoms with E-state index in [2.05, 4.69) is 11.8 Å². The van der Waals surface area contributed by atoms with Crippen LogP contribution < -0.4 is 4.90 Å². The minimum absolute atomic E-state index is 0.267. The zero-order chi connectivity index (χ0) is 15.5. The molecule has 0 radical (unpaired) electrons. The minimum atomic E-state index is -0.267. The van der Waals surface area contributed by atoms with Crippen LogP contribution in [0, 0.1) is 0 Å². The van der Waals surface area contributed by atoms with Crippen LogP contribution in [0.4, 0.5) is 5.69 Å². The first-order valence-corrected chi connectivity index (χ1v) is 8.09. The van der Waals surface area contributed by atoms with Gasteiger partial charge in [-0.2, -0.15) is 0 Å². The Kier molecular flexibility index (Phi) is 8.56. The summed E-state index contributed by atoms with van der Waals surface area (Å²) in [5, 5.41) is 0. The van der Waals surface area contributed by atoms with Crippen LogP contribution in [0.5, 0.6) is 0 Å². The predicted molar refractivity (Wildman–Crippen MR) is 89.0 cm³/mol. The summed E-state index contributed by atoms with van der Waals surface area (Å²) in [6.45, 7) is 3.22. The third-order valence-electron chi connectivity index (χ3n) is 3.82. The molecule has 1 aromatic carbocycles. The van der Waals surface area contributed by atoms with Crippen LogP contribution in [0.2, 0.25) is 0 Å². The largest absolute Gasteiger partial charge is 0.465 e. The van der Waals surface area contributed by atoms with Crippen molar-refractivity contribution in [2.75, 3.05) is 25.6 Å². The van der Waals surface area contributed by atoms with E-state index in [9.17, 15) is 4.79 Å². The molecule has 0 saturated carbocycles. The number of hydrogen-bond acceptors (Lipinski definition) is 3. The average Bonchev–Trinajstić information content (AvgIpc) is 2.53. The number of rotatable bonds is 10. The molecule has 0 N–H and O–H groups in total. The molecule has 3 nitrogen and oxygen atoms in total. The molecule has 0 amide bonds. The van der Waals surface area contributed by atoms with Crippen molar-refractivity contribution in [1.29, 1.82) is 0 Å². The Morgan fingerprint density at radius 1 is 1.05 bits per heavy atom. The van der Waals surface area contributed by atoms with Crippen molar-refractivity contribution in [1.82, 2.24) is 0 Å². The topological polar surface area (TPSA) is 29.5 Å². The van der Waals surface area contributed by atoms with Gasteiger partial charge >= 0.3 is 5.97 Å². The molecule has 0 bridgehead atoms. The molecule has 0 aliphatic heterocycles. The van der Waals surface area contributed by atoms with Gasteiger partial charge in [0.2, 0.25) is 0 Å². The molecular weight excluding hydrogens is 262 g/mol. The first kappa shape index (κ1) is 17.5. The fourth-order valence-corrected chi connectivity index (χ4v) is 2.52. The summed E-state index contributed by atoms with van der Waals surface area (Å²) in [5.41, 5.74) is 1.60. The van der Waals surface area contributed by atoms with Gasteiger partial charge in [-0.3, -0.25) is 0 Å². The first-order valence-electron chi connectivity index (χ1n) is 8.09. The minimum Gasteiger partial charge on any atom is -0.465 e. The van der Waals surface area contributed by atoms with Crippen LogP contribution in [-0.2, 0) is 4.74 Å². The van der Waals surface area contributed by atoms with Crippen molar-refractivity contribution < 1.29 is 9.53 Å². The molecule has 1 aromatic rings. The number of carbonyl (C=O) groups is 1. The fourth-order valence-electron chi connectivity index (χ4n) is 2.52. The van der Waals surface area contributed by atoms with E-state index in [1.54, 1.807) is 0 Å². The van der Waals surface area contributed by atoms with Crippen LogP contribution in [-0.4, -0.2) is 26.7 Å². The van der Waals surface area contributed by atoms with Gasteiger partial charge in [0.1, 0.15) is 0 Å². The molecule has 0 aliphatic carbocycles. The van der Waals surface area contributed by atoms with Crippen LogP contribution >= 0.6 is 0 Å². The van der Waals surface area contributed by atoms with E-state index in [4.69, 9.17) is 4.74 Å². The quantitative estimate of drug-likeness (QED) is 0.464. The average molecular weight is 291 g/mol. The first-order chi connectivity index (χ1) is 10.2. The summed E-state index contributed by atoms with van der Waals surface area (Å²) in [5.74, 6) is -0.267. The highest BCUT2D eigenvalue weighted by Gasteiger charge is 2.13. The zero-order valence-corrected chi connectivity index (χ0v) is 13.7. The third-order valence-corrected chi connectivity index (χ3v) is 3.82. The number of benzene rings is 1. The fraction of sp³-hybridized carbons (Fsp3) is 0.611. The second-order valence-electron chi connectivity index (χ2n) is 5.55. The molecule has 0 fully saturated rings. The van der Waals surface area contributed by atoms with Gasteiger partial charge in [-0.25, -0.2) is 4.79 Å². The predicted octanol–water partition coefficient (Wildman–Crippen LogP) is 4.66. The SMILES string of the molecule is CCCCCCCCCN(C)c1ccccc1C(=O)OC. The van der Waals surface area contributed by atoms with Crippen LogP contribution in [0.1, 0.15) is 62.2 Å². The number of nitrogens with zero attached hydrogens (tertiary/aromatic N) is 1. The van der Waals surface area contributed by atoms with E-state index in [1.165, 1.54) is 45.6 Å². The standard InChI is InChI=1S/C18H29NO2/c1-4-5-6-7-8-9-12-15-19(2)17-14-11-10-13-16(17)18(20)21-3/h10-11,13-14H,4-9,12,15H2,1-3H3. The molecule has 0 unspecified atom stereocenters. The summed E-state index contributed by atoms with van der Waals surface area (Å²) >= 11 is 0. The number of ether oxygens (including phenoxy) is 1. The maximum absolute atomic E-state index is 11.8. The second kappa shape index (κ2) is 10.3. The molecule has 21 heavy (non-hydrogen) atoms. The molecule has 0 aliphatic rings.